The van der Waals surface area contributed by atoms with Gasteiger partial charge in [0.15, 0.2) is 0 Å². The zero-order valence-electron chi connectivity index (χ0n) is 9.17. The van der Waals surface area contributed by atoms with Crippen molar-refractivity contribution in [1.29, 1.82) is 0 Å². The van der Waals surface area contributed by atoms with Crippen molar-refractivity contribution in [3.8, 4) is 0 Å². The second-order valence-corrected chi connectivity index (χ2v) is 4.93. The third-order valence-corrected chi connectivity index (χ3v) is 3.34. The molecule has 0 saturated heterocycles. The van der Waals surface area contributed by atoms with E-state index < -0.39 is 0 Å². The van der Waals surface area contributed by atoms with E-state index in [0.29, 0.717) is 17.9 Å². The largest absolute Gasteiger partial charge is 0.281 e. The molecule has 0 heterocycles. The van der Waals surface area contributed by atoms with Crippen molar-refractivity contribution in [2.75, 3.05) is 0 Å². The van der Waals surface area contributed by atoms with E-state index in [1.54, 1.807) is 13.0 Å². The Bertz CT molecular complexity index is 412. The monoisotopic (exact) mass is 240 g/mol. The van der Waals surface area contributed by atoms with Gasteiger partial charge in [0.1, 0.15) is 5.82 Å². The summed E-state index contributed by atoms with van der Waals surface area (Å²) in [4.78, 5) is 11.0. The third-order valence-electron chi connectivity index (χ3n) is 3.18. The summed E-state index contributed by atoms with van der Waals surface area (Å²) >= 11 is 5.45. The van der Waals surface area contributed by atoms with Crippen LogP contribution in [0.3, 0.4) is 0 Å². The van der Waals surface area contributed by atoms with Crippen molar-refractivity contribution in [3.63, 3.8) is 0 Å². The van der Waals surface area contributed by atoms with E-state index in [9.17, 15) is 9.18 Å². The van der Waals surface area contributed by atoms with Gasteiger partial charge in [0.05, 0.1) is 0 Å². The Morgan fingerprint density at radius 1 is 1.56 bits per heavy atom. The molecule has 16 heavy (non-hydrogen) atoms. The summed E-state index contributed by atoms with van der Waals surface area (Å²) in [5.74, 6) is 0.521. The van der Waals surface area contributed by atoms with Crippen LogP contribution in [-0.4, -0.2) is 5.24 Å². The van der Waals surface area contributed by atoms with Crippen molar-refractivity contribution in [2.45, 2.75) is 32.1 Å². The molecule has 2 rings (SSSR count). The molecular formula is C13H14ClFO. The second kappa shape index (κ2) is 4.54. The molecule has 1 aromatic carbocycles. The topological polar surface area (TPSA) is 17.1 Å². The quantitative estimate of drug-likeness (QED) is 0.732. The molecule has 1 atom stereocenters. The van der Waals surface area contributed by atoms with Crippen LogP contribution in [0.1, 0.15) is 36.3 Å². The van der Waals surface area contributed by atoms with Crippen LogP contribution in [0, 0.1) is 18.7 Å². The number of hydrogen-bond acceptors (Lipinski definition) is 1. The predicted molar refractivity (Wildman–Crippen MR) is 62.1 cm³/mol. The summed E-state index contributed by atoms with van der Waals surface area (Å²) in [6.07, 6.45) is 2.65. The molecule has 1 aliphatic carbocycles. The van der Waals surface area contributed by atoms with Crippen LogP contribution in [0.5, 0.6) is 0 Å². The number of hydrogen-bond donors (Lipinski definition) is 0. The van der Waals surface area contributed by atoms with Crippen LogP contribution < -0.4 is 0 Å². The van der Waals surface area contributed by atoms with E-state index in [4.69, 9.17) is 11.6 Å². The minimum absolute atomic E-state index is 0.171. The molecule has 1 fully saturated rings. The number of carbonyl (C=O) groups is 1. The highest BCUT2D eigenvalue weighted by atomic mass is 35.5. The number of aryl methyl sites for hydroxylation is 1. The molecule has 86 valence electrons. The molecule has 1 nitrogen and oxygen atoms in total. The standard InChI is InChI=1S/C13H14ClFO/c1-8-6-10(4-5-12(8)15)11(7-13(14)16)9-2-3-9/h4-6,9,11H,2-3,7H2,1H3. The van der Waals surface area contributed by atoms with E-state index in [-0.39, 0.29) is 17.0 Å². The van der Waals surface area contributed by atoms with Crippen LogP contribution in [0.4, 0.5) is 4.39 Å². The fourth-order valence-electron chi connectivity index (χ4n) is 2.13. The fourth-order valence-corrected chi connectivity index (χ4v) is 2.29. The SMILES string of the molecule is Cc1cc(C(CC(=O)Cl)C2CC2)ccc1F. The Kier molecular flexibility index (Phi) is 3.29. The van der Waals surface area contributed by atoms with Crippen molar-refractivity contribution in [2.24, 2.45) is 5.92 Å². The van der Waals surface area contributed by atoms with Crippen molar-refractivity contribution >= 4 is 16.8 Å². The molecule has 0 N–H and O–H groups in total. The van der Waals surface area contributed by atoms with Crippen LogP contribution in [0.25, 0.3) is 0 Å². The molecule has 0 amide bonds. The highest BCUT2D eigenvalue weighted by Crippen LogP contribution is 2.45. The van der Waals surface area contributed by atoms with Gasteiger partial charge in [-0.2, -0.15) is 0 Å². The van der Waals surface area contributed by atoms with E-state index >= 15 is 0 Å². The molecule has 0 aromatic heterocycles. The Hall–Kier alpha value is -0.890. The first kappa shape index (κ1) is 11.6. The van der Waals surface area contributed by atoms with Gasteiger partial charge < -0.3 is 0 Å². The van der Waals surface area contributed by atoms with Gasteiger partial charge in [0.25, 0.3) is 0 Å². The van der Waals surface area contributed by atoms with Crippen molar-refractivity contribution in [1.82, 2.24) is 0 Å². The van der Waals surface area contributed by atoms with E-state index in [1.807, 2.05) is 6.07 Å². The summed E-state index contributed by atoms with van der Waals surface area (Å²) in [6, 6.07) is 5.07. The van der Waals surface area contributed by atoms with Gasteiger partial charge in [-0.25, -0.2) is 4.39 Å². The summed E-state index contributed by atoms with van der Waals surface area (Å²) in [7, 11) is 0. The number of benzene rings is 1. The predicted octanol–water partition coefficient (Wildman–Crippen LogP) is 3.78. The Morgan fingerprint density at radius 2 is 2.25 bits per heavy atom. The number of halogens is 2. The van der Waals surface area contributed by atoms with Gasteiger partial charge in [-0.1, -0.05) is 12.1 Å². The first-order valence-electron chi connectivity index (χ1n) is 5.52. The molecule has 0 spiro atoms. The zero-order valence-corrected chi connectivity index (χ0v) is 9.93. The van der Waals surface area contributed by atoms with Crippen LogP contribution in [-0.2, 0) is 4.79 Å². The minimum Gasteiger partial charge on any atom is -0.281 e. The molecule has 1 aromatic rings. The highest BCUT2D eigenvalue weighted by Gasteiger charge is 2.33. The maximum Gasteiger partial charge on any atom is 0.222 e. The lowest BCUT2D eigenvalue weighted by molar-refractivity contribution is -0.112. The molecular weight excluding hydrogens is 227 g/mol. The molecule has 0 aliphatic heterocycles. The first-order valence-corrected chi connectivity index (χ1v) is 5.90. The lowest BCUT2D eigenvalue weighted by Crippen LogP contribution is -2.06. The molecule has 0 radical (unpaired) electrons. The van der Waals surface area contributed by atoms with E-state index in [0.717, 1.165) is 18.4 Å². The van der Waals surface area contributed by atoms with Gasteiger partial charge in [0.2, 0.25) is 5.24 Å². The van der Waals surface area contributed by atoms with Gasteiger partial charge in [-0.3, -0.25) is 4.79 Å². The van der Waals surface area contributed by atoms with Crippen LogP contribution in [0.15, 0.2) is 18.2 Å². The van der Waals surface area contributed by atoms with Gasteiger partial charge in [-0.05, 0) is 60.4 Å². The minimum atomic E-state index is -0.307. The van der Waals surface area contributed by atoms with Crippen molar-refractivity contribution < 1.29 is 9.18 Å². The lowest BCUT2D eigenvalue weighted by atomic mass is 9.90. The summed E-state index contributed by atoms with van der Waals surface area (Å²) in [5, 5.41) is -0.307. The van der Waals surface area contributed by atoms with Crippen molar-refractivity contribution in [3.05, 3.63) is 35.1 Å². The van der Waals surface area contributed by atoms with Crippen LogP contribution in [0.2, 0.25) is 0 Å². The number of rotatable bonds is 4. The Morgan fingerprint density at radius 3 is 2.75 bits per heavy atom. The average Bonchev–Trinajstić information content (AvgIpc) is 3.02. The fraction of sp³-hybridized carbons (Fsp3) is 0.462. The molecule has 1 unspecified atom stereocenters. The average molecular weight is 241 g/mol. The summed E-state index contributed by atoms with van der Waals surface area (Å²) < 4.78 is 13.1. The third kappa shape index (κ3) is 2.62. The van der Waals surface area contributed by atoms with Gasteiger partial charge >= 0.3 is 0 Å². The first-order chi connectivity index (χ1) is 7.58. The van der Waals surface area contributed by atoms with E-state index in [2.05, 4.69) is 0 Å². The molecule has 1 aliphatic rings. The Labute approximate surface area is 99.6 Å². The zero-order chi connectivity index (χ0) is 11.7. The number of carbonyl (C=O) groups excluding carboxylic acids is 1. The normalized spacial score (nSPS) is 17.2. The summed E-state index contributed by atoms with van der Waals surface area (Å²) in [5.41, 5.74) is 1.67. The smallest absolute Gasteiger partial charge is 0.222 e. The van der Waals surface area contributed by atoms with Gasteiger partial charge in [-0.15, -0.1) is 0 Å². The lowest BCUT2D eigenvalue weighted by Gasteiger charge is -2.15. The molecule has 1 saturated carbocycles. The maximum absolute atomic E-state index is 13.1. The van der Waals surface area contributed by atoms with Gasteiger partial charge in [0, 0.05) is 6.42 Å². The Balaban J connectivity index is 2.24. The maximum atomic E-state index is 13.1. The molecule has 3 heteroatoms. The molecule has 0 bridgehead atoms. The second-order valence-electron chi connectivity index (χ2n) is 4.51. The van der Waals surface area contributed by atoms with E-state index in [1.165, 1.54) is 6.07 Å². The highest BCUT2D eigenvalue weighted by molar-refractivity contribution is 6.63. The summed E-state index contributed by atoms with van der Waals surface area (Å²) in [6.45, 7) is 1.74. The van der Waals surface area contributed by atoms with Crippen LogP contribution >= 0.6 is 11.6 Å².